The predicted molar refractivity (Wildman–Crippen MR) is 75.7 cm³/mol. The highest BCUT2D eigenvalue weighted by atomic mass is 19.3. The van der Waals surface area contributed by atoms with Crippen LogP contribution in [0.25, 0.3) is 0 Å². The molecule has 3 nitrogen and oxygen atoms in total. The average molecular weight is 297 g/mol. The third-order valence-corrected chi connectivity index (χ3v) is 4.28. The van der Waals surface area contributed by atoms with Gasteiger partial charge in [-0.2, -0.15) is 8.78 Å². The van der Waals surface area contributed by atoms with Crippen molar-refractivity contribution in [2.24, 2.45) is 11.8 Å². The van der Waals surface area contributed by atoms with E-state index in [0.29, 0.717) is 18.3 Å². The zero-order chi connectivity index (χ0) is 14.8. The fourth-order valence-electron chi connectivity index (χ4n) is 2.94. The summed E-state index contributed by atoms with van der Waals surface area (Å²) in [7, 11) is 1.46. The van der Waals surface area contributed by atoms with Crippen LogP contribution in [0.2, 0.25) is 0 Å². The molecule has 0 aliphatic heterocycles. The van der Waals surface area contributed by atoms with Crippen molar-refractivity contribution in [2.75, 3.05) is 7.11 Å². The van der Waals surface area contributed by atoms with Gasteiger partial charge in [-0.1, -0.05) is 12.1 Å². The standard InChI is InChI=1S/C16H21F2NO2/c1-20-13-4-2-3-12(15(13)21-16(17)18)9-19-14(10-5-6-10)11-7-8-11/h2-4,10-11,14,16,19H,5-9H2,1H3. The van der Waals surface area contributed by atoms with Crippen molar-refractivity contribution < 1.29 is 18.3 Å². The lowest BCUT2D eigenvalue weighted by Gasteiger charge is -2.20. The molecule has 21 heavy (non-hydrogen) atoms. The monoisotopic (exact) mass is 297 g/mol. The molecular formula is C16H21F2NO2. The van der Waals surface area contributed by atoms with E-state index in [1.165, 1.54) is 32.8 Å². The molecule has 0 spiro atoms. The van der Waals surface area contributed by atoms with E-state index in [1.807, 2.05) is 6.07 Å². The first kappa shape index (κ1) is 14.6. The van der Waals surface area contributed by atoms with Gasteiger partial charge in [-0.3, -0.25) is 0 Å². The molecule has 0 amide bonds. The maximum atomic E-state index is 12.6. The number of benzene rings is 1. The molecule has 0 unspecified atom stereocenters. The van der Waals surface area contributed by atoms with Crippen LogP contribution < -0.4 is 14.8 Å². The average Bonchev–Trinajstić information content (AvgIpc) is 3.34. The fraction of sp³-hybridized carbons (Fsp3) is 0.625. The second-order valence-corrected chi connectivity index (χ2v) is 5.91. The summed E-state index contributed by atoms with van der Waals surface area (Å²) in [6.45, 7) is -2.31. The van der Waals surface area contributed by atoms with Crippen LogP contribution in [0, 0.1) is 11.8 Å². The van der Waals surface area contributed by atoms with E-state index in [2.05, 4.69) is 10.1 Å². The SMILES string of the molecule is COc1cccc(CNC(C2CC2)C2CC2)c1OC(F)F. The molecule has 116 valence electrons. The number of alkyl halides is 2. The zero-order valence-electron chi connectivity index (χ0n) is 12.1. The Morgan fingerprint density at radius 1 is 1.19 bits per heavy atom. The summed E-state index contributed by atoms with van der Waals surface area (Å²) < 4.78 is 35.0. The molecule has 2 fully saturated rings. The van der Waals surface area contributed by atoms with Crippen LogP contribution in [-0.2, 0) is 6.54 Å². The van der Waals surface area contributed by atoms with Crippen molar-refractivity contribution in [1.29, 1.82) is 0 Å². The van der Waals surface area contributed by atoms with Gasteiger partial charge in [0.15, 0.2) is 11.5 Å². The first-order valence-electron chi connectivity index (χ1n) is 7.53. The molecule has 0 saturated heterocycles. The van der Waals surface area contributed by atoms with Crippen molar-refractivity contribution in [3.05, 3.63) is 23.8 Å². The minimum Gasteiger partial charge on any atom is -0.493 e. The van der Waals surface area contributed by atoms with Crippen molar-refractivity contribution in [2.45, 2.75) is 44.9 Å². The molecule has 0 radical (unpaired) electrons. The number of nitrogens with one attached hydrogen (secondary N) is 1. The van der Waals surface area contributed by atoms with Gasteiger partial charge < -0.3 is 14.8 Å². The third kappa shape index (κ3) is 3.64. The minimum absolute atomic E-state index is 0.146. The van der Waals surface area contributed by atoms with E-state index >= 15 is 0 Å². The highest BCUT2D eigenvalue weighted by Crippen LogP contribution is 2.44. The largest absolute Gasteiger partial charge is 0.493 e. The molecule has 1 N–H and O–H groups in total. The summed E-state index contributed by atoms with van der Waals surface area (Å²) in [5, 5.41) is 3.54. The minimum atomic E-state index is -2.84. The van der Waals surface area contributed by atoms with Gasteiger partial charge in [0.05, 0.1) is 7.11 Å². The quantitative estimate of drug-likeness (QED) is 0.795. The van der Waals surface area contributed by atoms with E-state index in [-0.39, 0.29) is 5.75 Å². The maximum absolute atomic E-state index is 12.6. The van der Waals surface area contributed by atoms with Crippen LogP contribution in [0.3, 0.4) is 0 Å². The highest BCUT2D eigenvalue weighted by Gasteiger charge is 2.41. The normalized spacial score (nSPS) is 18.3. The van der Waals surface area contributed by atoms with Crippen LogP contribution >= 0.6 is 0 Å². The van der Waals surface area contributed by atoms with Crippen molar-refractivity contribution in [3.63, 3.8) is 0 Å². The number of halogens is 2. The molecule has 1 aromatic carbocycles. The Morgan fingerprint density at radius 3 is 2.38 bits per heavy atom. The predicted octanol–water partition coefficient (Wildman–Crippen LogP) is 3.57. The van der Waals surface area contributed by atoms with E-state index in [9.17, 15) is 8.78 Å². The number of hydrogen-bond donors (Lipinski definition) is 1. The van der Waals surface area contributed by atoms with Gasteiger partial charge in [0.25, 0.3) is 0 Å². The van der Waals surface area contributed by atoms with Gasteiger partial charge in [-0.25, -0.2) is 0 Å². The lowest BCUT2D eigenvalue weighted by atomic mass is 10.1. The summed E-state index contributed by atoms with van der Waals surface area (Å²) in [5.74, 6) is 2.03. The highest BCUT2D eigenvalue weighted by molar-refractivity contribution is 5.46. The fourth-order valence-corrected chi connectivity index (χ4v) is 2.94. The Labute approximate surface area is 123 Å². The Balaban J connectivity index is 1.71. The van der Waals surface area contributed by atoms with Gasteiger partial charge in [0.1, 0.15) is 0 Å². The van der Waals surface area contributed by atoms with E-state index in [0.717, 1.165) is 17.4 Å². The van der Waals surface area contributed by atoms with Crippen LogP contribution in [0.15, 0.2) is 18.2 Å². The van der Waals surface area contributed by atoms with Crippen molar-refractivity contribution in [1.82, 2.24) is 5.32 Å². The number of methoxy groups -OCH3 is 1. The maximum Gasteiger partial charge on any atom is 0.387 e. The van der Waals surface area contributed by atoms with E-state index in [1.54, 1.807) is 12.1 Å². The van der Waals surface area contributed by atoms with Crippen molar-refractivity contribution in [3.8, 4) is 11.5 Å². The Morgan fingerprint density at radius 2 is 1.86 bits per heavy atom. The molecule has 0 atom stereocenters. The molecule has 2 aliphatic carbocycles. The van der Waals surface area contributed by atoms with Gasteiger partial charge >= 0.3 is 6.61 Å². The molecule has 5 heteroatoms. The lowest BCUT2D eigenvalue weighted by molar-refractivity contribution is -0.0519. The molecular weight excluding hydrogens is 276 g/mol. The van der Waals surface area contributed by atoms with Gasteiger partial charge in [-0.05, 0) is 43.6 Å². The van der Waals surface area contributed by atoms with Crippen LogP contribution in [-0.4, -0.2) is 19.8 Å². The summed E-state index contributed by atoms with van der Waals surface area (Å²) in [5.41, 5.74) is 0.723. The number of rotatable bonds is 8. The molecule has 3 rings (SSSR count). The van der Waals surface area contributed by atoms with E-state index in [4.69, 9.17) is 4.74 Å². The molecule has 0 heterocycles. The summed E-state index contributed by atoms with van der Waals surface area (Å²) in [6, 6.07) is 5.78. The van der Waals surface area contributed by atoms with Crippen LogP contribution in [0.1, 0.15) is 31.2 Å². The first-order valence-corrected chi connectivity index (χ1v) is 7.53. The number of hydrogen-bond acceptors (Lipinski definition) is 3. The molecule has 1 aromatic rings. The third-order valence-electron chi connectivity index (χ3n) is 4.28. The van der Waals surface area contributed by atoms with Gasteiger partial charge in [0.2, 0.25) is 0 Å². The lowest BCUT2D eigenvalue weighted by Crippen LogP contribution is -2.32. The molecule has 2 aliphatic rings. The smallest absolute Gasteiger partial charge is 0.387 e. The molecule has 0 bridgehead atoms. The van der Waals surface area contributed by atoms with Crippen molar-refractivity contribution >= 4 is 0 Å². The summed E-state index contributed by atoms with van der Waals surface area (Å²) >= 11 is 0. The zero-order valence-corrected chi connectivity index (χ0v) is 12.1. The molecule has 0 aromatic heterocycles. The second-order valence-electron chi connectivity index (χ2n) is 5.91. The summed E-state index contributed by atoms with van der Waals surface area (Å²) in [4.78, 5) is 0. The summed E-state index contributed by atoms with van der Waals surface area (Å²) in [6.07, 6.45) is 5.14. The number of ether oxygens (including phenoxy) is 2. The Hall–Kier alpha value is -1.36. The van der Waals surface area contributed by atoms with Gasteiger partial charge in [0, 0.05) is 18.2 Å². The first-order chi connectivity index (χ1) is 10.2. The van der Waals surface area contributed by atoms with Crippen LogP contribution in [0.4, 0.5) is 8.78 Å². The Kier molecular flexibility index (Phi) is 4.29. The van der Waals surface area contributed by atoms with Crippen LogP contribution in [0.5, 0.6) is 11.5 Å². The second kappa shape index (κ2) is 6.18. The molecule has 2 saturated carbocycles. The topological polar surface area (TPSA) is 30.5 Å². The number of para-hydroxylation sites is 1. The Bertz CT molecular complexity index is 475. The van der Waals surface area contributed by atoms with E-state index < -0.39 is 6.61 Å². The van der Waals surface area contributed by atoms with Gasteiger partial charge in [-0.15, -0.1) is 0 Å².